The molecule has 0 spiro atoms. The minimum absolute atomic E-state index is 0. The van der Waals surface area contributed by atoms with Gasteiger partial charge < -0.3 is 29.1 Å². The predicted molar refractivity (Wildman–Crippen MR) is 113 cm³/mol. The van der Waals surface area contributed by atoms with Crippen LogP contribution in [0.3, 0.4) is 0 Å². The molecule has 4 aliphatic carbocycles. The van der Waals surface area contributed by atoms with Gasteiger partial charge in [-0.15, -0.1) is 0 Å². The minimum atomic E-state index is -0.135. The molecule has 4 heteroatoms. The van der Waals surface area contributed by atoms with Crippen LogP contribution in [0.2, 0.25) is 0 Å². The first-order chi connectivity index (χ1) is 13.9. The van der Waals surface area contributed by atoms with Crippen LogP contribution in [0, 0.1) is 34.5 Å². The number of carbonyl (C=O) groups is 1. The third-order valence-corrected chi connectivity index (χ3v) is 9.58. The summed E-state index contributed by atoms with van der Waals surface area (Å²) in [5.41, 5.74) is 1.99. The smallest absolute Gasteiger partial charge is 0.206 e. The van der Waals surface area contributed by atoms with Crippen molar-refractivity contribution in [1.29, 1.82) is 0 Å². The summed E-state index contributed by atoms with van der Waals surface area (Å²) in [7, 11) is 0. The van der Waals surface area contributed by atoms with E-state index < -0.39 is 0 Å². The highest BCUT2D eigenvalue weighted by molar-refractivity contribution is 5.81. The van der Waals surface area contributed by atoms with Gasteiger partial charge in [-0.1, -0.05) is 31.6 Å². The van der Waals surface area contributed by atoms with Crippen LogP contribution in [0.1, 0.15) is 65.2 Å². The lowest BCUT2D eigenvalue weighted by atomic mass is 9.47. The fraction of sp³-hybridized carbons (Fsp3) is 0.692. The Morgan fingerprint density at radius 2 is 1.83 bits per heavy atom. The number of aliphatic hydroxyl groups is 1. The molecule has 1 N–H and O–H groups in total. The Kier molecular flexibility index (Phi) is 6.22. The zero-order chi connectivity index (χ0) is 20.2. The average Bonchev–Trinajstić information content (AvgIpc) is 3.06. The van der Waals surface area contributed by atoms with Gasteiger partial charge in [0, 0.05) is 18.1 Å². The van der Waals surface area contributed by atoms with E-state index in [1.807, 2.05) is 35.2 Å². The summed E-state index contributed by atoms with van der Waals surface area (Å²) in [6, 6.07) is 6.02. The number of allylic oxidation sites excluding steroid dienone is 1. The summed E-state index contributed by atoms with van der Waals surface area (Å²) in [6.45, 7) is 5.43. The first kappa shape index (κ1) is 22.4. The molecule has 4 aliphatic rings. The standard InChI is InChI=1S/C26H36NO2.HI/c1-25-12-10-19(28)16-18(25)6-7-20-21-8-9-23(26(21,2)13-11-22(20)25)24(29)17-27-14-4-3-5-15-27;/h3-6,14-15,19-23,28H,7-13,16-17H2,1-2H3;1H/q+1;/p-1/t19?,20-,21-,22-,23+,25-,26-;/m0./s1. The summed E-state index contributed by atoms with van der Waals surface area (Å²) in [4.78, 5) is 13.3. The quantitative estimate of drug-likeness (QED) is 0.372. The maximum atomic E-state index is 13.3. The van der Waals surface area contributed by atoms with E-state index in [1.54, 1.807) is 0 Å². The van der Waals surface area contributed by atoms with Gasteiger partial charge >= 0.3 is 0 Å². The number of hydrogen-bond donors (Lipinski definition) is 1. The number of ketones is 1. The summed E-state index contributed by atoms with van der Waals surface area (Å²) in [6.07, 6.45) is 15.3. The van der Waals surface area contributed by atoms with E-state index in [0.29, 0.717) is 18.2 Å². The average molecular weight is 521 g/mol. The number of halogens is 1. The van der Waals surface area contributed by atoms with Crippen molar-refractivity contribution in [1.82, 2.24) is 0 Å². The second-order valence-corrected chi connectivity index (χ2v) is 10.8. The van der Waals surface area contributed by atoms with Crippen molar-refractivity contribution >= 4 is 5.78 Å². The number of aromatic nitrogens is 1. The molecule has 7 atom stereocenters. The first-order valence-electron chi connectivity index (χ1n) is 11.8. The maximum Gasteiger partial charge on any atom is 0.206 e. The molecule has 1 aromatic heterocycles. The topological polar surface area (TPSA) is 41.2 Å². The van der Waals surface area contributed by atoms with Crippen LogP contribution in [0.5, 0.6) is 0 Å². The molecule has 1 unspecified atom stereocenters. The van der Waals surface area contributed by atoms with Crippen molar-refractivity contribution in [3.8, 4) is 0 Å². The number of Topliss-reactive ketones (excluding diaryl/α,β-unsaturated/α-hetero) is 1. The monoisotopic (exact) mass is 521 g/mol. The van der Waals surface area contributed by atoms with E-state index in [9.17, 15) is 9.90 Å². The molecule has 3 saturated carbocycles. The number of fused-ring (bicyclic) bond motifs is 5. The van der Waals surface area contributed by atoms with Crippen molar-refractivity contribution in [2.24, 2.45) is 34.5 Å². The molecule has 3 fully saturated rings. The molecule has 0 aliphatic heterocycles. The number of aliphatic hydroxyl groups excluding tert-OH is 1. The van der Waals surface area contributed by atoms with Crippen molar-refractivity contribution in [2.45, 2.75) is 77.9 Å². The number of pyridine rings is 1. The Bertz CT molecular complexity index is 824. The van der Waals surface area contributed by atoms with Crippen molar-refractivity contribution in [3.63, 3.8) is 0 Å². The lowest BCUT2D eigenvalue weighted by molar-refractivity contribution is -0.684. The number of rotatable bonds is 3. The number of carbonyl (C=O) groups excluding carboxylic acids is 1. The van der Waals surface area contributed by atoms with Gasteiger partial charge in [0.25, 0.3) is 0 Å². The minimum Gasteiger partial charge on any atom is -1.00 e. The largest absolute Gasteiger partial charge is 1.00 e. The summed E-state index contributed by atoms with van der Waals surface area (Å²) >= 11 is 0. The van der Waals surface area contributed by atoms with E-state index >= 15 is 0 Å². The molecule has 1 heterocycles. The van der Waals surface area contributed by atoms with Crippen LogP contribution in [0.4, 0.5) is 0 Å². The van der Waals surface area contributed by atoms with E-state index in [-0.39, 0.29) is 46.8 Å². The predicted octanol–water partition coefficient (Wildman–Crippen LogP) is 1.49. The molecule has 164 valence electrons. The van der Waals surface area contributed by atoms with Gasteiger partial charge in [0.2, 0.25) is 12.3 Å². The van der Waals surface area contributed by atoms with Gasteiger partial charge in [-0.3, -0.25) is 4.79 Å². The fourth-order valence-corrected chi connectivity index (χ4v) is 8.00. The van der Waals surface area contributed by atoms with Crippen LogP contribution in [0.25, 0.3) is 0 Å². The van der Waals surface area contributed by atoms with Crippen molar-refractivity contribution in [2.75, 3.05) is 0 Å². The summed E-state index contributed by atoms with van der Waals surface area (Å²) < 4.78 is 2.04. The molecule has 0 bridgehead atoms. The Hall–Kier alpha value is -0.750. The van der Waals surface area contributed by atoms with Crippen LogP contribution in [-0.4, -0.2) is 17.0 Å². The molecule has 0 aromatic carbocycles. The van der Waals surface area contributed by atoms with E-state index in [2.05, 4.69) is 19.9 Å². The van der Waals surface area contributed by atoms with Gasteiger partial charge in [-0.25, -0.2) is 0 Å². The van der Waals surface area contributed by atoms with Crippen LogP contribution >= 0.6 is 0 Å². The Morgan fingerprint density at radius 1 is 1.07 bits per heavy atom. The zero-order valence-electron chi connectivity index (χ0n) is 18.4. The lowest BCUT2D eigenvalue weighted by Gasteiger charge is -2.57. The molecule has 30 heavy (non-hydrogen) atoms. The Morgan fingerprint density at radius 3 is 2.60 bits per heavy atom. The van der Waals surface area contributed by atoms with E-state index in [4.69, 9.17) is 0 Å². The highest BCUT2D eigenvalue weighted by Crippen LogP contribution is 2.66. The third-order valence-electron chi connectivity index (χ3n) is 9.58. The van der Waals surface area contributed by atoms with Gasteiger partial charge in [0.05, 0.1) is 6.10 Å². The van der Waals surface area contributed by atoms with Gasteiger partial charge in [0.15, 0.2) is 12.4 Å². The molecule has 5 rings (SSSR count). The Balaban J connectivity index is 0.00000218. The fourth-order valence-electron chi connectivity index (χ4n) is 8.00. The van der Waals surface area contributed by atoms with Gasteiger partial charge in [-0.05, 0) is 80.0 Å². The molecule has 0 saturated heterocycles. The first-order valence-corrected chi connectivity index (χ1v) is 11.8. The second-order valence-electron chi connectivity index (χ2n) is 10.8. The summed E-state index contributed by atoms with van der Waals surface area (Å²) in [5.74, 6) is 2.79. The normalized spacial score (nSPS) is 42.2. The van der Waals surface area contributed by atoms with Crippen LogP contribution < -0.4 is 28.5 Å². The highest BCUT2D eigenvalue weighted by Gasteiger charge is 2.59. The lowest BCUT2D eigenvalue weighted by Crippen LogP contribution is -3.00. The molecule has 3 nitrogen and oxygen atoms in total. The number of hydrogen-bond acceptors (Lipinski definition) is 2. The summed E-state index contributed by atoms with van der Waals surface area (Å²) in [5, 5.41) is 10.2. The maximum absolute atomic E-state index is 13.3. The molecular weight excluding hydrogens is 485 g/mol. The third kappa shape index (κ3) is 3.50. The van der Waals surface area contributed by atoms with Crippen molar-refractivity contribution < 1.29 is 38.4 Å². The molecule has 0 amide bonds. The SMILES string of the molecule is C[C@]12CC[C@H]3[C@@H](CC=C4CC(O)CC[C@@]43C)[C@@H]1CC[C@@H]2C(=O)C[n+]1ccccc1.[I-]. The van der Waals surface area contributed by atoms with Crippen LogP contribution in [0.15, 0.2) is 42.2 Å². The van der Waals surface area contributed by atoms with E-state index in [1.165, 1.54) is 24.8 Å². The number of nitrogens with zero attached hydrogens (tertiary/aromatic N) is 1. The molecular formula is C26H36INO2. The second kappa shape index (κ2) is 8.31. The van der Waals surface area contributed by atoms with Gasteiger partial charge in [0.1, 0.15) is 0 Å². The molecule has 1 aromatic rings. The highest BCUT2D eigenvalue weighted by atomic mass is 127. The van der Waals surface area contributed by atoms with Crippen LogP contribution in [-0.2, 0) is 11.3 Å². The van der Waals surface area contributed by atoms with Gasteiger partial charge in [-0.2, -0.15) is 4.57 Å². The zero-order valence-corrected chi connectivity index (χ0v) is 20.6. The molecule has 0 radical (unpaired) electrons. The Labute approximate surface area is 198 Å². The van der Waals surface area contributed by atoms with Crippen molar-refractivity contribution in [3.05, 3.63) is 42.2 Å². The van der Waals surface area contributed by atoms with E-state index in [0.717, 1.165) is 43.9 Å².